The van der Waals surface area contributed by atoms with Gasteiger partial charge in [-0.15, -0.1) is 0 Å². The molecule has 3 aromatic rings. The fourth-order valence-corrected chi connectivity index (χ4v) is 4.33. The highest BCUT2D eigenvalue weighted by atomic mass is 32.2. The number of H-pyrrole nitrogens is 1. The lowest BCUT2D eigenvalue weighted by molar-refractivity contribution is 0.578. The minimum atomic E-state index is -3.68. The van der Waals surface area contributed by atoms with Crippen LogP contribution in [0, 0.1) is 12.8 Å². The standard InChI is InChI=1S/C20H21N3O2S/c1-13-7-9-15(10-8-13)26(24,25)23-22-19-12-14(2)11-17-16-5-3-4-6-18(16)21-20(17)19/h3-10,14,21,23H,11-12H2,1-2H3/b22-19-. The van der Waals surface area contributed by atoms with Gasteiger partial charge in [-0.25, -0.2) is 0 Å². The maximum Gasteiger partial charge on any atom is 0.276 e. The first kappa shape index (κ1) is 16.8. The Balaban J connectivity index is 1.71. The summed E-state index contributed by atoms with van der Waals surface area (Å²) in [6.07, 6.45) is 1.69. The number of aryl methyl sites for hydroxylation is 1. The highest BCUT2D eigenvalue weighted by Gasteiger charge is 2.25. The van der Waals surface area contributed by atoms with E-state index >= 15 is 0 Å². The number of aromatic nitrogens is 1. The normalized spacial score (nSPS) is 18.8. The molecular formula is C20H21N3O2S. The Kier molecular flexibility index (Phi) is 4.07. The van der Waals surface area contributed by atoms with Gasteiger partial charge >= 0.3 is 0 Å². The molecule has 0 saturated carbocycles. The lowest BCUT2D eigenvalue weighted by Gasteiger charge is -2.20. The lowest BCUT2D eigenvalue weighted by atomic mass is 9.86. The van der Waals surface area contributed by atoms with Crippen LogP contribution >= 0.6 is 0 Å². The molecule has 134 valence electrons. The van der Waals surface area contributed by atoms with Crippen LogP contribution in [0.4, 0.5) is 0 Å². The Hall–Kier alpha value is -2.60. The number of nitrogens with one attached hydrogen (secondary N) is 2. The summed E-state index contributed by atoms with van der Waals surface area (Å²) in [5, 5.41) is 5.47. The number of hydrogen-bond acceptors (Lipinski definition) is 3. The Bertz CT molecular complexity index is 1100. The lowest BCUT2D eigenvalue weighted by Crippen LogP contribution is -2.24. The zero-order chi connectivity index (χ0) is 18.3. The number of hydrogen-bond donors (Lipinski definition) is 2. The molecule has 1 aromatic heterocycles. The van der Waals surface area contributed by atoms with E-state index in [9.17, 15) is 8.42 Å². The van der Waals surface area contributed by atoms with Gasteiger partial charge in [0, 0.05) is 10.9 Å². The van der Waals surface area contributed by atoms with E-state index in [1.165, 1.54) is 10.9 Å². The third-order valence-corrected chi connectivity index (χ3v) is 6.05. The van der Waals surface area contributed by atoms with E-state index in [4.69, 9.17) is 0 Å². The van der Waals surface area contributed by atoms with E-state index in [-0.39, 0.29) is 4.90 Å². The van der Waals surface area contributed by atoms with E-state index in [0.29, 0.717) is 5.92 Å². The molecule has 1 unspecified atom stereocenters. The quantitative estimate of drug-likeness (QED) is 0.692. The number of benzene rings is 2. The van der Waals surface area contributed by atoms with Crippen LogP contribution in [0.3, 0.4) is 0 Å². The van der Waals surface area contributed by atoms with E-state index in [0.717, 1.165) is 35.3 Å². The summed E-state index contributed by atoms with van der Waals surface area (Å²) in [5.74, 6) is 0.407. The SMILES string of the molecule is Cc1ccc(S(=O)(=O)N/N=C2/CC(C)Cc3c2[nH]c2ccccc32)cc1. The smallest absolute Gasteiger partial charge is 0.276 e. The third-order valence-electron chi connectivity index (χ3n) is 4.83. The van der Waals surface area contributed by atoms with Gasteiger partial charge in [-0.1, -0.05) is 42.8 Å². The first-order chi connectivity index (χ1) is 12.4. The minimum Gasteiger partial charge on any atom is -0.353 e. The largest absolute Gasteiger partial charge is 0.353 e. The molecule has 1 aliphatic rings. The third kappa shape index (κ3) is 3.01. The predicted molar refractivity (Wildman–Crippen MR) is 104 cm³/mol. The van der Waals surface area contributed by atoms with E-state index < -0.39 is 10.0 Å². The van der Waals surface area contributed by atoms with Crippen LogP contribution < -0.4 is 4.83 Å². The first-order valence-electron chi connectivity index (χ1n) is 8.69. The van der Waals surface area contributed by atoms with Crippen molar-refractivity contribution in [3.05, 3.63) is 65.4 Å². The van der Waals surface area contributed by atoms with Crippen molar-refractivity contribution in [3.63, 3.8) is 0 Å². The van der Waals surface area contributed by atoms with Crippen molar-refractivity contribution in [2.24, 2.45) is 11.0 Å². The Labute approximate surface area is 153 Å². The molecule has 0 fully saturated rings. The first-order valence-corrected chi connectivity index (χ1v) is 10.2. The van der Waals surface area contributed by atoms with Gasteiger partial charge in [-0.2, -0.15) is 18.4 Å². The zero-order valence-electron chi connectivity index (χ0n) is 14.8. The molecule has 1 heterocycles. The molecule has 6 heteroatoms. The molecular weight excluding hydrogens is 346 g/mol. The second kappa shape index (κ2) is 6.29. The van der Waals surface area contributed by atoms with Gasteiger partial charge in [0.1, 0.15) is 0 Å². The van der Waals surface area contributed by atoms with Gasteiger partial charge in [-0.05, 0) is 49.4 Å². The number of sulfonamides is 1. The fourth-order valence-electron chi connectivity index (χ4n) is 3.50. The average molecular weight is 367 g/mol. The van der Waals surface area contributed by atoms with Crippen molar-refractivity contribution in [3.8, 4) is 0 Å². The predicted octanol–water partition coefficient (Wildman–Crippen LogP) is 3.74. The van der Waals surface area contributed by atoms with Crippen LogP contribution in [0.2, 0.25) is 0 Å². The molecule has 0 bridgehead atoms. The molecule has 0 spiro atoms. The number of aromatic amines is 1. The summed E-state index contributed by atoms with van der Waals surface area (Å²) in [4.78, 5) is 6.03. The maximum absolute atomic E-state index is 12.5. The van der Waals surface area contributed by atoms with Gasteiger partial charge in [-0.3, -0.25) is 0 Å². The summed E-state index contributed by atoms with van der Waals surface area (Å²) in [7, 11) is -3.68. The van der Waals surface area contributed by atoms with Crippen molar-refractivity contribution < 1.29 is 8.42 Å². The summed E-state index contributed by atoms with van der Waals surface area (Å²) < 4.78 is 25.0. The van der Waals surface area contributed by atoms with Crippen molar-refractivity contribution in [2.75, 3.05) is 0 Å². The molecule has 1 aliphatic carbocycles. The van der Waals surface area contributed by atoms with Gasteiger partial charge in [0.25, 0.3) is 10.0 Å². The topological polar surface area (TPSA) is 74.3 Å². The fraction of sp³-hybridized carbons (Fsp3) is 0.250. The van der Waals surface area contributed by atoms with Crippen molar-refractivity contribution in [1.82, 2.24) is 9.82 Å². The number of rotatable bonds is 3. The molecule has 0 radical (unpaired) electrons. The summed E-state index contributed by atoms with van der Waals surface area (Å²) in [5.41, 5.74) is 4.98. The molecule has 4 rings (SSSR count). The monoisotopic (exact) mass is 367 g/mol. The van der Waals surface area contributed by atoms with Crippen LogP contribution in [-0.2, 0) is 16.4 Å². The van der Waals surface area contributed by atoms with Crippen molar-refractivity contribution in [2.45, 2.75) is 31.6 Å². The molecule has 0 aliphatic heterocycles. The van der Waals surface area contributed by atoms with Gasteiger partial charge < -0.3 is 4.98 Å². The van der Waals surface area contributed by atoms with Gasteiger partial charge in [0.15, 0.2) is 0 Å². The van der Waals surface area contributed by atoms with Gasteiger partial charge in [0.05, 0.1) is 16.3 Å². The number of para-hydroxylation sites is 1. The van der Waals surface area contributed by atoms with E-state index in [1.807, 2.05) is 25.1 Å². The van der Waals surface area contributed by atoms with Crippen LogP contribution in [0.5, 0.6) is 0 Å². The Morgan fingerprint density at radius 3 is 2.58 bits per heavy atom. The Morgan fingerprint density at radius 1 is 1.08 bits per heavy atom. The van der Waals surface area contributed by atoms with Crippen molar-refractivity contribution in [1.29, 1.82) is 0 Å². The Morgan fingerprint density at radius 2 is 1.81 bits per heavy atom. The average Bonchev–Trinajstić information content (AvgIpc) is 2.99. The highest BCUT2D eigenvalue weighted by Crippen LogP contribution is 2.31. The molecule has 0 saturated heterocycles. The molecule has 2 N–H and O–H groups in total. The van der Waals surface area contributed by atoms with Crippen LogP contribution in [0.1, 0.15) is 30.2 Å². The summed E-state index contributed by atoms with van der Waals surface area (Å²) in [6.45, 7) is 4.08. The van der Waals surface area contributed by atoms with E-state index in [1.54, 1.807) is 24.3 Å². The van der Waals surface area contributed by atoms with Crippen molar-refractivity contribution >= 4 is 26.6 Å². The molecule has 2 aromatic carbocycles. The molecule has 26 heavy (non-hydrogen) atoms. The summed E-state index contributed by atoms with van der Waals surface area (Å²) >= 11 is 0. The van der Waals surface area contributed by atoms with Crippen LogP contribution in [0.25, 0.3) is 10.9 Å². The summed E-state index contributed by atoms with van der Waals surface area (Å²) in [6, 6.07) is 14.9. The highest BCUT2D eigenvalue weighted by molar-refractivity contribution is 7.89. The maximum atomic E-state index is 12.5. The second-order valence-electron chi connectivity index (χ2n) is 7.00. The minimum absolute atomic E-state index is 0.216. The zero-order valence-corrected chi connectivity index (χ0v) is 15.6. The van der Waals surface area contributed by atoms with Crippen LogP contribution in [0.15, 0.2) is 58.5 Å². The number of nitrogens with zero attached hydrogens (tertiary/aromatic N) is 1. The number of fused-ring (bicyclic) bond motifs is 3. The molecule has 5 nitrogen and oxygen atoms in total. The van der Waals surface area contributed by atoms with Crippen LogP contribution in [-0.4, -0.2) is 19.1 Å². The molecule has 0 amide bonds. The second-order valence-corrected chi connectivity index (χ2v) is 8.66. The van der Waals surface area contributed by atoms with E-state index in [2.05, 4.69) is 27.9 Å². The van der Waals surface area contributed by atoms with Gasteiger partial charge in [0.2, 0.25) is 0 Å². The number of hydrazone groups is 1. The molecule has 1 atom stereocenters.